The van der Waals surface area contributed by atoms with Gasteiger partial charge in [0.1, 0.15) is 0 Å². The molecule has 0 aromatic heterocycles. The standard InChI is InChI=1S/C12H12/c1-3-8-11(4-2)12-9-6-5-7-10-12/h2,5-10H,3H2,1H3. The highest BCUT2D eigenvalue weighted by Crippen LogP contribution is 2.12. The molecule has 0 amide bonds. The van der Waals surface area contributed by atoms with Crippen LogP contribution < -0.4 is 0 Å². The van der Waals surface area contributed by atoms with E-state index in [0.29, 0.717) is 0 Å². The molecule has 60 valence electrons. The smallest absolute Gasteiger partial charge is 0.0275 e. The molecule has 1 aromatic carbocycles. The molecule has 12 heavy (non-hydrogen) atoms. The molecule has 0 bridgehead atoms. The van der Waals surface area contributed by atoms with Crippen molar-refractivity contribution in [3.8, 4) is 12.3 Å². The molecule has 0 unspecified atom stereocenters. The van der Waals surface area contributed by atoms with Crippen molar-refractivity contribution in [2.75, 3.05) is 0 Å². The average Bonchev–Trinajstić information content (AvgIpc) is 2.15. The van der Waals surface area contributed by atoms with Gasteiger partial charge in [-0.05, 0) is 12.0 Å². The van der Waals surface area contributed by atoms with Crippen LogP contribution in [0, 0.1) is 12.3 Å². The molecule has 0 saturated carbocycles. The van der Waals surface area contributed by atoms with E-state index in [4.69, 9.17) is 6.42 Å². The van der Waals surface area contributed by atoms with E-state index in [2.05, 4.69) is 18.9 Å². The molecule has 0 nitrogen and oxygen atoms in total. The Morgan fingerprint density at radius 1 is 1.42 bits per heavy atom. The van der Waals surface area contributed by atoms with Crippen LogP contribution in [0.2, 0.25) is 0 Å². The molecule has 0 spiro atoms. The Morgan fingerprint density at radius 3 is 2.58 bits per heavy atom. The highest BCUT2D eigenvalue weighted by atomic mass is 14.0. The number of rotatable bonds is 2. The van der Waals surface area contributed by atoms with E-state index in [1.807, 2.05) is 30.3 Å². The average molecular weight is 156 g/mol. The fraction of sp³-hybridized carbons (Fsp3) is 0.167. The van der Waals surface area contributed by atoms with Gasteiger partial charge in [-0.25, -0.2) is 0 Å². The molecular formula is C12H12. The van der Waals surface area contributed by atoms with Crippen LogP contribution >= 0.6 is 0 Å². The fourth-order valence-corrected chi connectivity index (χ4v) is 1.08. The van der Waals surface area contributed by atoms with Gasteiger partial charge in [0.05, 0.1) is 0 Å². The topological polar surface area (TPSA) is 0 Å². The summed E-state index contributed by atoms with van der Waals surface area (Å²) < 4.78 is 0. The van der Waals surface area contributed by atoms with Crippen LogP contribution in [-0.4, -0.2) is 0 Å². The van der Waals surface area contributed by atoms with Gasteiger partial charge in [-0.1, -0.05) is 49.3 Å². The van der Waals surface area contributed by atoms with Gasteiger partial charge in [0.2, 0.25) is 0 Å². The van der Waals surface area contributed by atoms with Crippen LogP contribution in [0.1, 0.15) is 18.9 Å². The summed E-state index contributed by atoms with van der Waals surface area (Å²) in [5.41, 5.74) is 2.11. The van der Waals surface area contributed by atoms with Crippen LogP contribution in [0.5, 0.6) is 0 Å². The van der Waals surface area contributed by atoms with E-state index in [9.17, 15) is 0 Å². The summed E-state index contributed by atoms with van der Waals surface area (Å²) in [5.74, 6) is 2.68. The molecule has 0 aliphatic carbocycles. The maximum absolute atomic E-state index is 5.37. The summed E-state index contributed by atoms with van der Waals surface area (Å²) in [6.45, 7) is 2.08. The zero-order valence-corrected chi connectivity index (χ0v) is 7.25. The summed E-state index contributed by atoms with van der Waals surface area (Å²) in [5, 5.41) is 0. The van der Waals surface area contributed by atoms with E-state index in [0.717, 1.165) is 17.6 Å². The van der Waals surface area contributed by atoms with Crippen LogP contribution in [0.15, 0.2) is 36.4 Å². The number of hydrogen-bond acceptors (Lipinski definition) is 0. The Labute approximate surface area is 73.9 Å². The second-order valence-corrected chi connectivity index (χ2v) is 2.54. The summed E-state index contributed by atoms with van der Waals surface area (Å²) >= 11 is 0. The molecule has 0 atom stereocenters. The molecule has 0 aliphatic rings. The van der Waals surface area contributed by atoms with E-state index >= 15 is 0 Å². The van der Waals surface area contributed by atoms with Crippen molar-refractivity contribution < 1.29 is 0 Å². The third-order valence-electron chi connectivity index (χ3n) is 1.65. The zero-order valence-electron chi connectivity index (χ0n) is 7.25. The molecular weight excluding hydrogens is 144 g/mol. The first-order chi connectivity index (χ1) is 5.88. The lowest BCUT2D eigenvalue weighted by Crippen LogP contribution is -1.79. The van der Waals surface area contributed by atoms with Gasteiger partial charge in [-0.15, -0.1) is 6.42 Å². The molecule has 1 aromatic rings. The third-order valence-corrected chi connectivity index (χ3v) is 1.65. The van der Waals surface area contributed by atoms with Gasteiger partial charge in [0, 0.05) is 5.57 Å². The summed E-state index contributed by atoms with van der Waals surface area (Å²) in [6.07, 6.45) is 8.42. The van der Waals surface area contributed by atoms with E-state index in [1.165, 1.54) is 0 Å². The Bertz CT molecular complexity index is 299. The van der Waals surface area contributed by atoms with Gasteiger partial charge in [0.15, 0.2) is 0 Å². The van der Waals surface area contributed by atoms with E-state index < -0.39 is 0 Å². The second-order valence-electron chi connectivity index (χ2n) is 2.54. The zero-order chi connectivity index (χ0) is 8.81. The minimum atomic E-state index is 0.981. The molecule has 0 aliphatic heterocycles. The maximum atomic E-state index is 5.37. The fourth-order valence-electron chi connectivity index (χ4n) is 1.08. The lowest BCUT2D eigenvalue weighted by molar-refractivity contribution is 1.23. The minimum absolute atomic E-state index is 0.981. The van der Waals surface area contributed by atoms with Crippen LogP contribution in [0.25, 0.3) is 5.57 Å². The summed E-state index contributed by atoms with van der Waals surface area (Å²) in [6, 6.07) is 10.0. The van der Waals surface area contributed by atoms with Crippen molar-refractivity contribution in [3.63, 3.8) is 0 Å². The number of benzene rings is 1. The molecule has 0 fully saturated rings. The maximum Gasteiger partial charge on any atom is 0.0275 e. The Morgan fingerprint density at radius 2 is 2.08 bits per heavy atom. The van der Waals surface area contributed by atoms with Crippen LogP contribution in [0.3, 0.4) is 0 Å². The SMILES string of the molecule is C#CC(=CCC)c1ccccc1. The Balaban J connectivity index is 2.98. The first kappa shape index (κ1) is 8.62. The van der Waals surface area contributed by atoms with Crippen molar-refractivity contribution >= 4 is 5.57 Å². The van der Waals surface area contributed by atoms with Gasteiger partial charge >= 0.3 is 0 Å². The lowest BCUT2D eigenvalue weighted by Gasteiger charge is -1.97. The second kappa shape index (κ2) is 4.41. The summed E-state index contributed by atoms with van der Waals surface area (Å²) in [4.78, 5) is 0. The molecule has 0 radical (unpaired) electrons. The number of allylic oxidation sites excluding steroid dienone is 2. The molecule has 0 heterocycles. The Kier molecular flexibility index (Phi) is 3.17. The number of hydrogen-bond donors (Lipinski definition) is 0. The van der Waals surface area contributed by atoms with Crippen molar-refractivity contribution in [3.05, 3.63) is 42.0 Å². The van der Waals surface area contributed by atoms with Crippen LogP contribution in [0.4, 0.5) is 0 Å². The van der Waals surface area contributed by atoms with Gasteiger partial charge < -0.3 is 0 Å². The first-order valence-electron chi connectivity index (χ1n) is 4.10. The largest absolute Gasteiger partial charge is 0.115 e. The van der Waals surface area contributed by atoms with Crippen molar-refractivity contribution in [1.29, 1.82) is 0 Å². The molecule has 1 rings (SSSR count). The van der Waals surface area contributed by atoms with Crippen molar-refractivity contribution in [2.24, 2.45) is 0 Å². The number of terminal acetylenes is 1. The molecule has 0 N–H and O–H groups in total. The normalized spacial score (nSPS) is 10.8. The summed E-state index contributed by atoms with van der Waals surface area (Å²) in [7, 11) is 0. The molecule has 0 saturated heterocycles. The predicted octanol–water partition coefficient (Wildman–Crippen LogP) is 3.11. The molecule has 0 heteroatoms. The predicted molar refractivity (Wildman–Crippen MR) is 53.5 cm³/mol. The lowest BCUT2D eigenvalue weighted by atomic mass is 10.1. The Hall–Kier alpha value is -1.48. The van der Waals surface area contributed by atoms with E-state index in [-0.39, 0.29) is 0 Å². The van der Waals surface area contributed by atoms with Gasteiger partial charge in [-0.2, -0.15) is 0 Å². The van der Waals surface area contributed by atoms with Gasteiger partial charge in [0.25, 0.3) is 0 Å². The van der Waals surface area contributed by atoms with Crippen LogP contribution in [-0.2, 0) is 0 Å². The highest BCUT2D eigenvalue weighted by Gasteiger charge is 1.93. The van der Waals surface area contributed by atoms with Crippen molar-refractivity contribution in [1.82, 2.24) is 0 Å². The van der Waals surface area contributed by atoms with E-state index in [1.54, 1.807) is 0 Å². The first-order valence-corrected chi connectivity index (χ1v) is 4.10. The monoisotopic (exact) mass is 156 g/mol. The minimum Gasteiger partial charge on any atom is -0.115 e. The van der Waals surface area contributed by atoms with Crippen molar-refractivity contribution in [2.45, 2.75) is 13.3 Å². The highest BCUT2D eigenvalue weighted by molar-refractivity contribution is 5.77. The quantitative estimate of drug-likeness (QED) is 0.577. The van der Waals surface area contributed by atoms with Gasteiger partial charge in [-0.3, -0.25) is 0 Å². The third kappa shape index (κ3) is 2.00.